The molecule has 7 heteroatoms. The lowest BCUT2D eigenvalue weighted by Gasteiger charge is -2.28. The van der Waals surface area contributed by atoms with Crippen molar-refractivity contribution in [3.8, 4) is 0 Å². The van der Waals surface area contributed by atoms with Crippen LogP contribution in [-0.4, -0.2) is 35.2 Å². The van der Waals surface area contributed by atoms with E-state index in [-0.39, 0.29) is 0 Å². The topological polar surface area (TPSA) is 32.3 Å². The van der Waals surface area contributed by atoms with Crippen LogP contribution < -0.4 is 5.32 Å². The Balaban J connectivity index is 1.89. The minimum atomic E-state index is -4.22. The van der Waals surface area contributed by atoms with E-state index in [2.05, 4.69) is 5.32 Å². The summed E-state index contributed by atoms with van der Waals surface area (Å²) in [5.74, 6) is -4.73. The molecule has 1 saturated heterocycles. The molecule has 1 amide bonds. The minimum absolute atomic E-state index is 0.517. The highest BCUT2D eigenvalue weighted by Crippen LogP contribution is 2.46. The van der Waals surface area contributed by atoms with E-state index in [0.29, 0.717) is 18.4 Å². The first-order chi connectivity index (χ1) is 9.86. The molecule has 3 nitrogen and oxygen atoms in total. The predicted molar refractivity (Wildman–Crippen MR) is 66.9 cm³/mol. The summed E-state index contributed by atoms with van der Waals surface area (Å²) in [5, 5.41) is 3.02. The molecule has 1 N–H and O–H groups in total. The smallest absolute Gasteiger partial charge is 0.315 e. The van der Waals surface area contributed by atoms with Crippen molar-refractivity contribution in [2.45, 2.75) is 36.9 Å². The Morgan fingerprint density at radius 1 is 1.29 bits per heavy atom. The van der Waals surface area contributed by atoms with Crippen LogP contribution in [-0.2, 0) is 4.79 Å². The number of benzene rings is 1. The van der Waals surface area contributed by atoms with Gasteiger partial charge in [-0.15, -0.1) is 0 Å². The fourth-order valence-corrected chi connectivity index (χ4v) is 2.63. The standard InChI is InChI=1S/C14H14F4N2O/c15-11(16)14(17,18)8-20-10(9-4-2-1-3-5-9)19-13(6-7-13)12(20)21/h1-5,10-11,19H,6-8H2. The number of halogens is 4. The quantitative estimate of drug-likeness (QED) is 0.867. The molecule has 2 aliphatic rings. The van der Waals surface area contributed by atoms with Gasteiger partial charge in [-0.3, -0.25) is 10.1 Å². The van der Waals surface area contributed by atoms with Crippen molar-refractivity contribution in [1.29, 1.82) is 0 Å². The van der Waals surface area contributed by atoms with E-state index in [1.807, 2.05) is 0 Å². The van der Waals surface area contributed by atoms with Crippen molar-refractivity contribution in [3.63, 3.8) is 0 Å². The van der Waals surface area contributed by atoms with Crippen molar-refractivity contribution in [3.05, 3.63) is 35.9 Å². The molecule has 1 spiro atoms. The number of carbonyl (C=O) groups is 1. The van der Waals surface area contributed by atoms with Gasteiger partial charge in [-0.2, -0.15) is 8.78 Å². The molecule has 1 atom stereocenters. The van der Waals surface area contributed by atoms with E-state index in [1.54, 1.807) is 30.3 Å². The normalized spacial score (nSPS) is 24.1. The summed E-state index contributed by atoms with van der Waals surface area (Å²) in [6.45, 7) is -1.28. The van der Waals surface area contributed by atoms with Gasteiger partial charge in [-0.25, -0.2) is 8.78 Å². The number of nitrogens with one attached hydrogen (secondary N) is 1. The second kappa shape index (κ2) is 4.69. The monoisotopic (exact) mass is 302 g/mol. The van der Waals surface area contributed by atoms with Crippen LogP contribution >= 0.6 is 0 Å². The van der Waals surface area contributed by atoms with Gasteiger partial charge in [0.25, 0.3) is 0 Å². The second-order valence-corrected chi connectivity index (χ2v) is 5.53. The van der Waals surface area contributed by atoms with Crippen molar-refractivity contribution in [2.24, 2.45) is 0 Å². The molecule has 114 valence electrons. The first-order valence-electron chi connectivity index (χ1n) is 6.65. The average Bonchev–Trinajstić information content (AvgIpc) is 3.18. The number of hydrogen-bond acceptors (Lipinski definition) is 2. The maximum atomic E-state index is 13.4. The van der Waals surface area contributed by atoms with Crippen LogP contribution in [0.2, 0.25) is 0 Å². The number of hydrogen-bond donors (Lipinski definition) is 1. The Morgan fingerprint density at radius 2 is 1.90 bits per heavy atom. The van der Waals surface area contributed by atoms with Crippen molar-refractivity contribution in [1.82, 2.24) is 10.2 Å². The summed E-state index contributed by atoms with van der Waals surface area (Å²) in [6, 6.07) is 8.54. The van der Waals surface area contributed by atoms with E-state index in [1.165, 1.54) is 0 Å². The Labute approximate surface area is 118 Å². The van der Waals surface area contributed by atoms with Crippen LogP contribution in [0, 0.1) is 0 Å². The van der Waals surface area contributed by atoms with Crippen molar-refractivity contribution < 1.29 is 22.4 Å². The Kier molecular flexibility index (Phi) is 3.20. The van der Waals surface area contributed by atoms with E-state index in [9.17, 15) is 22.4 Å². The highest BCUT2D eigenvalue weighted by atomic mass is 19.3. The van der Waals surface area contributed by atoms with Crippen LogP contribution in [0.1, 0.15) is 24.6 Å². The number of amides is 1. The van der Waals surface area contributed by atoms with Gasteiger partial charge in [0, 0.05) is 0 Å². The van der Waals surface area contributed by atoms with Gasteiger partial charge >= 0.3 is 12.3 Å². The van der Waals surface area contributed by atoms with Crippen LogP contribution in [0.4, 0.5) is 17.6 Å². The summed E-state index contributed by atoms with van der Waals surface area (Å²) < 4.78 is 51.6. The number of alkyl halides is 4. The SMILES string of the molecule is O=C1N(CC(F)(F)C(F)F)C(c2ccccc2)NC12CC2. The van der Waals surface area contributed by atoms with Gasteiger partial charge < -0.3 is 4.90 Å². The van der Waals surface area contributed by atoms with Crippen LogP contribution in [0.5, 0.6) is 0 Å². The van der Waals surface area contributed by atoms with Crippen molar-refractivity contribution in [2.75, 3.05) is 6.54 Å². The van der Waals surface area contributed by atoms with Crippen molar-refractivity contribution >= 4 is 5.91 Å². The van der Waals surface area contributed by atoms with Crippen LogP contribution in [0.25, 0.3) is 0 Å². The lowest BCUT2D eigenvalue weighted by Crippen LogP contribution is -2.44. The average molecular weight is 302 g/mol. The summed E-state index contributed by atoms with van der Waals surface area (Å²) in [5.41, 5.74) is -0.224. The van der Waals surface area contributed by atoms with E-state index >= 15 is 0 Å². The summed E-state index contributed by atoms with van der Waals surface area (Å²) in [4.78, 5) is 13.1. The Bertz CT molecular complexity index is 545. The molecule has 0 aromatic heterocycles. The van der Waals surface area contributed by atoms with Gasteiger partial charge in [-0.1, -0.05) is 30.3 Å². The zero-order chi connectivity index (χ0) is 15.3. The van der Waals surface area contributed by atoms with Crippen LogP contribution in [0.3, 0.4) is 0 Å². The molecule has 1 saturated carbocycles. The highest BCUT2D eigenvalue weighted by Gasteiger charge is 2.61. The molecule has 1 unspecified atom stereocenters. The Morgan fingerprint density at radius 3 is 2.43 bits per heavy atom. The zero-order valence-corrected chi connectivity index (χ0v) is 11.0. The van der Waals surface area contributed by atoms with Gasteiger partial charge in [0.05, 0.1) is 6.54 Å². The molecule has 0 radical (unpaired) electrons. The molecule has 3 rings (SSSR count). The Hall–Kier alpha value is -1.63. The third-order valence-electron chi connectivity index (χ3n) is 3.96. The third kappa shape index (κ3) is 2.39. The molecular weight excluding hydrogens is 288 g/mol. The van der Waals surface area contributed by atoms with Gasteiger partial charge in [0.2, 0.25) is 5.91 Å². The maximum absolute atomic E-state index is 13.4. The number of rotatable bonds is 4. The molecule has 1 aromatic carbocycles. The third-order valence-corrected chi connectivity index (χ3v) is 3.96. The molecule has 1 aromatic rings. The van der Waals surface area contributed by atoms with E-state index < -0.39 is 36.5 Å². The largest absolute Gasteiger partial charge is 0.324 e. The predicted octanol–water partition coefficient (Wildman–Crippen LogP) is 2.55. The molecular formula is C14H14F4N2O. The molecule has 0 bridgehead atoms. The summed E-state index contributed by atoms with van der Waals surface area (Å²) in [6.07, 6.45) is -3.49. The second-order valence-electron chi connectivity index (χ2n) is 5.53. The molecule has 21 heavy (non-hydrogen) atoms. The molecule has 1 heterocycles. The first-order valence-corrected chi connectivity index (χ1v) is 6.65. The summed E-state index contributed by atoms with van der Waals surface area (Å²) in [7, 11) is 0. The first kappa shape index (κ1) is 14.3. The molecule has 1 aliphatic carbocycles. The fraction of sp³-hybridized carbons (Fsp3) is 0.500. The molecule has 2 fully saturated rings. The maximum Gasteiger partial charge on any atom is 0.324 e. The zero-order valence-electron chi connectivity index (χ0n) is 11.0. The lowest BCUT2D eigenvalue weighted by atomic mass is 10.1. The highest BCUT2D eigenvalue weighted by molar-refractivity contribution is 5.92. The number of carbonyl (C=O) groups excluding carboxylic acids is 1. The fourth-order valence-electron chi connectivity index (χ4n) is 2.63. The van der Waals surface area contributed by atoms with Gasteiger partial charge in [0.1, 0.15) is 11.7 Å². The molecule has 1 aliphatic heterocycles. The number of nitrogens with zero attached hydrogens (tertiary/aromatic N) is 1. The lowest BCUT2D eigenvalue weighted by molar-refractivity contribution is -0.157. The van der Waals surface area contributed by atoms with E-state index in [4.69, 9.17) is 0 Å². The summed E-state index contributed by atoms with van der Waals surface area (Å²) >= 11 is 0. The van der Waals surface area contributed by atoms with Crippen LogP contribution in [0.15, 0.2) is 30.3 Å². The minimum Gasteiger partial charge on any atom is -0.315 e. The van der Waals surface area contributed by atoms with Gasteiger partial charge in [-0.05, 0) is 18.4 Å². The van der Waals surface area contributed by atoms with Gasteiger partial charge in [0.15, 0.2) is 0 Å². The van der Waals surface area contributed by atoms with E-state index in [0.717, 1.165) is 4.90 Å².